The zero-order chi connectivity index (χ0) is 11.3. The van der Waals surface area contributed by atoms with Crippen LogP contribution in [-0.2, 0) is 4.79 Å². The maximum Gasteiger partial charge on any atom is 0.223 e. The second kappa shape index (κ2) is 6.00. The normalized spacial score (nSPS) is 22.9. The fraction of sp³-hybridized carbons (Fsp3) is 0.800. The van der Waals surface area contributed by atoms with Crippen LogP contribution < -0.4 is 5.32 Å². The minimum Gasteiger partial charge on any atom is -0.361 e. The van der Waals surface area contributed by atoms with Crippen molar-refractivity contribution in [2.24, 2.45) is 4.99 Å². The minimum absolute atomic E-state index is 0.134. The molecular weight excluding hydrogens is 210 g/mol. The number of carbonyl (C=O) groups is 1. The smallest absolute Gasteiger partial charge is 0.223 e. The van der Waals surface area contributed by atoms with E-state index in [0.29, 0.717) is 19.0 Å². The van der Waals surface area contributed by atoms with Gasteiger partial charge in [0, 0.05) is 32.3 Å². The number of aliphatic imine (C=N–C) groups is 1. The van der Waals surface area contributed by atoms with Gasteiger partial charge in [-0.05, 0) is 6.42 Å². The van der Waals surface area contributed by atoms with Crippen molar-refractivity contribution in [3.63, 3.8) is 0 Å². The van der Waals surface area contributed by atoms with E-state index in [4.69, 9.17) is 0 Å². The van der Waals surface area contributed by atoms with Crippen molar-refractivity contribution in [2.45, 2.75) is 25.8 Å². The second-order valence-corrected chi connectivity index (χ2v) is 4.79. The summed E-state index contributed by atoms with van der Waals surface area (Å²) in [5.74, 6) is 1.23. The number of nitrogens with zero attached hydrogens (tertiary/aromatic N) is 2. The summed E-state index contributed by atoms with van der Waals surface area (Å²) >= 11 is 1.75. The summed E-state index contributed by atoms with van der Waals surface area (Å²) in [5.41, 5.74) is 0. The van der Waals surface area contributed by atoms with Crippen molar-refractivity contribution >= 4 is 22.8 Å². The quantitative estimate of drug-likeness (QED) is 0.780. The van der Waals surface area contributed by atoms with Gasteiger partial charge < -0.3 is 10.2 Å². The van der Waals surface area contributed by atoms with Gasteiger partial charge in [0.2, 0.25) is 5.91 Å². The molecule has 1 N–H and O–H groups in total. The third-order valence-electron chi connectivity index (χ3n) is 2.32. The average Bonchev–Trinajstić information content (AvgIpc) is 2.65. The third-order valence-corrected chi connectivity index (χ3v) is 3.41. The fourth-order valence-corrected chi connectivity index (χ4v) is 2.34. The highest BCUT2D eigenvalue weighted by Gasteiger charge is 2.17. The van der Waals surface area contributed by atoms with Gasteiger partial charge in [-0.1, -0.05) is 18.7 Å². The molecule has 0 aromatic heterocycles. The third kappa shape index (κ3) is 4.11. The number of carbonyl (C=O) groups excluding carboxylic acids is 1. The summed E-state index contributed by atoms with van der Waals surface area (Å²) in [7, 11) is 3.54. The van der Waals surface area contributed by atoms with Gasteiger partial charge in [-0.15, -0.1) is 0 Å². The van der Waals surface area contributed by atoms with E-state index in [9.17, 15) is 4.79 Å². The predicted octanol–water partition coefficient (Wildman–Crippen LogP) is 0.936. The maximum atomic E-state index is 11.3. The molecule has 1 fully saturated rings. The van der Waals surface area contributed by atoms with E-state index < -0.39 is 0 Å². The van der Waals surface area contributed by atoms with E-state index in [-0.39, 0.29) is 5.91 Å². The Morgan fingerprint density at radius 2 is 2.40 bits per heavy atom. The molecule has 4 nitrogen and oxygen atoms in total. The standard InChI is InChI=1S/C10H19N3OS/c1-4-8-7-15-10(12-8)11-6-5-9(14)13(2)3/h8H,4-7H2,1-3H3,(H,11,12). The van der Waals surface area contributed by atoms with Gasteiger partial charge in [-0.3, -0.25) is 9.79 Å². The van der Waals surface area contributed by atoms with Crippen LogP contribution in [0.3, 0.4) is 0 Å². The summed E-state index contributed by atoms with van der Waals surface area (Å²) in [6, 6.07) is 0.554. The van der Waals surface area contributed by atoms with Crippen molar-refractivity contribution in [1.82, 2.24) is 10.2 Å². The molecule has 1 heterocycles. The highest BCUT2D eigenvalue weighted by molar-refractivity contribution is 8.14. The Bertz CT molecular complexity index is 253. The summed E-state index contributed by atoms with van der Waals surface area (Å²) in [5, 5.41) is 4.33. The molecule has 5 heteroatoms. The van der Waals surface area contributed by atoms with Crippen molar-refractivity contribution < 1.29 is 4.79 Å². The van der Waals surface area contributed by atoms with Crippen LogP contribution in [0.25, 0.3) is 0 Å². The van der Waals surface area contributed by atoms with Crippen molar-refractivity contribution in [3.8, 4) is 0 Å². The Labute approximate surface area is 95.5 Å². The first-order valence-electron chi connectivity index (χ1n) is 5.27. The lowest BCUT2D eigenvalue weighted by Crippen LogP contribution is -2.26. The van der Waals surface area contributed by atoms with Gasteiger partial charge in [0.15, 0.2) is 5.17 Å². The lowest BCUT2D eigenvalue weighted by molar-refractivity contribution is -0.128. The molecule has 15 heavy (non-hydrogen) atoms. The van der Waals surface area contributed by atoms with Crippen molar-refractivity contribution in [3.05, 3.63) is 0 Å². The van der Waals surface area contributed by atoms with E-state index in [1.807, 2.05) is 0 Å². The fourth-order valence-electron chi connectivity index (χ4n) is 1.23. The van der Waals surface area contributed by atoms with E-state index in [1.54, 1.807) is 30.8 Å². The molecule has 0 aromatic carbocycles. The lowest BCUT2D eigenvalue weighted by Gasteiger charge is -2.08. The topological polar surface area (TPSA) is 44.7 Å². The molecule has 0 saturated carbocycles. The zero-order valence-electron chi connectivity index (χ0n) is 9.62. The van der Waals surface area contributed by atoms with Crippen LogP contribution in [0.4, 0.5) is 0 Å². The number of rotatable bonds is 4. The van der Waals surface area contributed by atoms with Crippen LogP contribution in [0.1, 0.15) is 19.8 Å². The van der Waals surface area contributed by atoms with Gasteiger partial charge in [0.05, 0.1) is 6.54 Å². The summed E-state index contributed by atoms with van der Waals surface area (Å²) in [6.45, 7) is 2.75. The van der Waals surface area contributed by atoms with Crippen LogP contribution in [-0.4, -0.2) is 48.4 Å². The van der Waals surface area contributed by atoms with Gasteiger partial charge in [-0.25, -0.2) is 0 Å². The molecular formula is C10H19N3OS. The van der Waals surface area contributed by atoms with Crippen LogP contribution in [0.5, 0.6) is 0 Å². The maximum absolute atomic E-state index is 11.3. The van der Waals surface area contributed by atoms with Crippen molar-refractivity contribution in [2.75, 3.05) is 26.4 Å². The molecule has 1 unspecified atom stereocenters. The Morgan fingerprint density at radius 1 is 1.67 bits per heavy atom. The van der Waals surface area contributed by atoms with Gasteiger partial charge in [0.1, 0.15) is 0 Å². The first-order valence-corrected chi connectivity index (χ1v) is 6.26. The zero-order valence-corrected chi connectivity index (χ0v) is 10.4. The Kier molecular flexibility index (Phi) is 4.94. The molecule has 1 rings (SSSR count). The monoisotopic (exact) mass is 229 g/mol. The predicted molar refractivity (Wildman–Crippen MR) is 65.3 cm³/mol. The number of thioether (sulfide) groups is 1. The molecule has 1 saturated heterocycles. The van der Waals surface area contributed by atoms with E-state index >= 15 is 0 Å². The molecule has 1 aliphatic heterocycles. The van der Waals surface area contributed by atoms with Crippen LogP contribution >= 0.6 is 11.8 Å². The average molecular weight is 229 g/mol. The number of hydrogen-bond acceptors (Lipinski definition) is 3. The first kappa shape index (κ1) is 12.4. The van der Waals surface area contributed by atoms with E-state index in [1.165, 1.54) is 0 Å². The molecule has 0 aromatic rings. The lowest BCUT2D eigenvalue weighted by atomic mass is 10.3. The molecule has 86 valence electrons. The highest BCUT2D eigenvalue weighted by atomic mass is 32.2. The molecule has 0 bridgehead atoms. The summed E-state index contributed by atoms with van der Waals surface area (Å²) in [6.07, 6.45) is 1.62. The first-order chi connectivity index (χ1) is 7.13. The van der Waals surface area contributed by atoms with Crippen molar-refractivity contribution in [1.29, 1.82) is 0 Å². The SMILES string of the molecule is CCC1CSC(=NCCC(=O)N(C)C)N1. The van der Waals surface area contributed by atoms with Gasteiger partial charge in [0.25, 0.3) is 0 Å². The minimum atomic E-state index is 0.134. The van der Waals surface area contributed by atoms with Crippen LogP contribution in [0, 0.1) is 0 Å². The number of nitrogens with one attached hydrogen (secondary N) is 1. The highest BCUT2D eigenvalue weighted by Crippen LogP contribution is 2.15. The van der Waals surface area contributed by atoms with Gasteiger partial charge in [-0.2, -0.15) is 0 Å². The van der Waals surface area contributed by atoms with Crippen LogP contribution in [0.15, 0.2) is 4.99 Å². The van der Waals surface area contributed by atoms with Gasteiger partial charge >= 0.3 is 0 Å². The second-order valence-electron chi connectivity index (χ2n) is 3.79. The largest absolute Gasteiger partial charge is 0.361 e. The Balaban J connectivity index is 2.25. The van der Waals surface area contributed by atoms with E-state index in [2.05, 4.69) is 17.2 Å². The number of amidine groups is 1. The molecule has 0 spiro atoms. The number of amides is 1. The molecule has 1 atom stereocenters. The Morgan fingerprint density at radius 3 is 2.93 bits per heavy atom. The Hall–Kier alpha value is -0.710. The molecule has 0 aliphatic carbocycles. The van der Waals surface area contributed by atoms with E-state index in [0.717, 1.165) is 17.3 Å². The van der Waals surface area contributed by atoms with Crippen LogP contribution in [0.2, 0.25) is 0 Å². The summed E-state index contributed by atoms with van der Waals surface area (Å²) < 4.78 is 0. The molecule has 1 amide bonds. The number of hydrogen-bond donors (Lipinski definition) is 1. The summed E-state index contributed by atoms with van der Waals surface area (Å²) in [4.78, 5) is 17.2. The molecule has 1 aliphatic rings. The molecule has 0 radical (unpaired) electrons.